The summed E-state index contributed by atoms with van der Waals surface area (Å²) in [6.07, 6.45) is 3.54. The van der Waals surface area contributed by atoms with Crippen LogP contribution in [0.15, 0.2) is 24.3 Å². The molecule has 144 valence electrons. The standard InChI is InChI=1S/C20H25N3O3S/c1-14(24)22-10-8-15(9-11-22)19(25)23(13-16-5-4-12-26-16)20-21-17-6-2-3-7-18(17)27-20/h2-3,6-7,15-16H,4-5,8-13H2,1H3/t16-/m0/s1. The number of hydrogen-bond donors (Lipinski definition) is 0. The van der Waals surface area contributed by atoms with E-state index < -0.39 is 0 Å². The van der Waals surface area contributed by atoms with E-state index in [2.05, 4.69) is 0 Å². The van der Waals surface area contributed by atoms with Crippen LogP contribution in [0.1, 0.15) is 32.6 Å². The van der Waals surface area contributed by atoms with Crippen molar-refractivity contribution in [2.45, 2.75) is 38.7 Å². The van der Waals surface area contributed by atoms with Gasteiger partial charge in [-0.1, -0.05) is 23.5 Å². The first-order valence-corrected chi connectivity index (χ1v) is 10.5. The normalized spacial score (nSPS) is 20.9. The highest BCUT2D eigenvalue weighted by Crippen LogP contribution is 2.32. The van der Waals surface area contributed by atoms with Gasteiger partial charge in [-0.05, 0) is 37.8 Å². The van der Waals surface area contributed by atoms with E-state index in [1.54, 1.807) is 18.3 Å². The molecule has 2 aliphatic rings. The summed E-state index contributed by atoms with van der Waals surface area (Å²) in [6.45, 7) is 4.22. The van der Waals surface area contributed by atoms with Gasteiger partial charge in [-0.15, -0.1) is 0 Å². The highest BCUT2D eigenvalue weighted by Gasteiger charge is 2.33. The van der Waals surface area contributed by atoms with E-state index in [-0.39, 0.29) is 23.8 Å². The van der Waals surface area contributed by atoms with Gasteiger partial charge in [0.05, 0.1) is 22.9 Å². The number of ether oxygens (including phenoxy) is 1. The van der Waals surface area contributed by atoms with Crippen LogP contribution in [0.2, 0.25) is 0 Å². The molecule has 0 unspecified atom stereocenters. The van der Waals surface area contributed by atoms with Gasteiger partial charge < -0.3 is 9.64 Å². The number of aromatic nitrogens is 1. The van der Waals surface area contributed by atoms with E-state index in [9.17, 15) is 9.59 Å². The topological polar surface area (TPSA) is 62.7 Å². The van der Waals surface area contributed by atoms with Crippen molar-refractivity contribution in [2.75, 3.05) is 31.1 Å². The molecule has 27 heavy (non-hydrogen) atoms. The van der Waals surface area contributed by atoms with E-state index >= 15 is 0 Å². The quantitative estimate of drug-likeness (QED) is 0.809. The molecule has 0 aliphatic carbocycles. The molecule has 0 bridgehead atoms. The summed E-state index contributed by atoms with van der Waals surface area (Å²) in [6, 6.07) is 7.98. The Balaban J connectivity index is 1.55. The number of carbonyl (C=O) groups excluding carboxylic acids is 2. The van der Waals surface area contributed by atoms with Gasteiger partial charge in [0.1, 0.15) is 0 Å². The van der Waals surface area contributed by atoms with E-state index in [0.717, 1.165) is 34.8 Å². The van der Waals surface area contributed by atoms with Crippen LogP contribution in [0.5, 0.6) is 0 Å². The van der Waals surface area contributed by atoms with Gasteiger partial charge in [0.25, 0.3) is 0 Å². The molecule has 2 aliphatic heterocycles. The number of rotatable bonds is 4. The zero-order chi connectivity index (χ0) is 18.8. The molecular weight excluding hydrogens is 362 g/mol. The van der Waals surface area contributed by atoms with Crippen molar-refractivity contribution in [3.05, 3.63) is 24.3 Å². The molecule has 1 atom stereocenters. The van der Waals surface area contributed by atoms with Gasteiger partial charge >= 0.3 is 0 Å². The first-order chi connectivity index (χ1) is 13.1. The first kappa shape index (κ1) is 18.4. The molecular formula is C20H25N3O3S. The minimum absolute atomic E-state index is 0.0611. The van der Waals surface area contributed by atoms with E-state index in [1.807, 2.05) is 34.1 Å². The third-order valence-electron chi connectivity index (χ3n) is 5.48. The third kappa shape index (κ3) is 3.99. The molecule has 0 radical (unpaired) electrons. The summed E-state index contributed by atoms with van der Waals surface area (Å²) in [4.78, 5) is 33.3. The van der Waals surface area contributed by atoms with Gasteiger partial charge in [0.2, 0.25) is 11.8 Å². The Morgan fingerprint density at radius 2 is 2.04 bits per heavy atom. The predicted molar refractivity (Wildman–Crippen MR) is 106 cm³/mol. The molecule has 7 heteroatoms. The lowest BCUT2D eigenvalue weighted by molar-refractivity contribution is -0.133. The molecule has 2 amide bonds. The average Bonchev–Trinajstić information content (AvgIpc) is 3.34. The number of nitrogens with zero attached hydrogens (tertiary/aromatic N) is 3. The van der Waals surface area contributed by atoms with Crippen LogP contribution >= 0.6 is 11.3 Å². The maximum absolute atomic E-state index is 13.4. The number of thiazole rings is 1. The molecule has 2 saturated heterocycles. The van der Waals surface area contributed by atoms with E-state index in [4.69, 9.17) is 9.72 Å². The molecule has 1 aromatic heterocycles. The van der Waals surface area contributed by atoms with Crippen LogP contribution in [-0.2, 0) is 14.3 Å². The molecule has 4 rings (SSSR count). The number of carbonyl (C=O) groups is 2. The lowest BCUT2D eigenvalue weighted by Gasteiger charge is -2.33. The SMILES string of the molecule is CC(=O)N1CCC(C(=O)N(C[C@@H]2CCCO2)c2nc3ccccc3s2)CC1. The summed E-state index contributed by atoms with van der Waals surface area (Å²) in [5, 5.41) is 0.755. The van der Waals surface area contributed by atoms with Crippen molar-refractivity contribution in [3.63, 3.8) is 0 Å². The summed E-state index contributed by atoms with van der Waals surface area (Å²) < 4.78 is 6.88. The zero-order valence-electron chi connectivity index (χ0n) is 15.6. The highest BCUT2D eigenvalue weighted by atomic mass is 32.1. The molecule has 1 aromatic carbocycles. The van der Waals surface area contributed by atoms with Crippen LogP contribution in [-0.4, -0.2) is 54.0 Å². The summed E-state index contributed by atoms with van der Waals surface area (Å²) in [7, 11) is 0. The molecule has 0 spiro atoms. The minimum atomic E-state index is -0.0611. The van der Waals surface area contributed by atoms with Crippen LogP contribution in [0.3, 0.4) is 0 Å². The van der Waals surface area contributed by atoms with Crippen molar-refractivity contribution < 1.29 is 14.3 Å². The molecule has 2 fully saturated rings. The molecule has 0 N–H and O–H groups in total. The lowest BCUT2D eigenvalue weighted by Crippen LogP contribution is -2.46. The Morgan fingerprint density at radius 1 is 1.26 bits per heavy atom. The number of benzene rings is 1. The second kappa shape index (κ2) is 7.94. The Labute approximate surface area is 163 Å². The number of likely N-dealkylation sites (tertiary alicyclic amines) is 1. The van der Waals surface area contributed by atoms with Crippen molar-refractivity contribution in [1.82, 2.24) is 9.88 Å². The fraction of sp³-hybridized carbons (Fsp3) is 0.550. The second-order valence-electron chi connectivity index (χ2n) is 7.33. The largest absolute Gasteiger partial charge is 0.376 e. The van der Waals surface area contributed by atoms with Crippen molar-refractivity contribution in [1.29, 1.82) is 0 Å². The third-order valence-corrected chi connectivity index (χ3v) is 6.54. The van der Waals surface area contributed by atoms with Gasteiger partial charge in [-0.25, -0.2) is 4.98 Å². The number of piperidine rings is 1. The molecule has 2 aromatic rings. The van der Waals surface area contributed by atoms with Gasteiger partial charge in [-0.2, -0.15) is 0 Å². The number of fused-ring (bicyclic) bond motifs is 1. The van der Waals surface area contributed by atoms with Gasteiger partial charge in [-0.3, -0.25) is 14.5 Å². The predicted octanol–water partition coefficient (Wildman–Crippen LogP) is 3.07. The second-order valence-corrected chi connectivity index (χ2v) is 8.34. The maximum Gasteiger partial charge on any atom is 0.232 e. The fourth-order valence-electron chi connectivity index (χ4n) is 3.89. The smallest absolute Gasteiger partial charge is 0.232 e. The number of para-hydroxylation sites is 1. The Bertz CT molecular complexity index is 790. The number of amides is 2. The van der Waals surface area contributed by atoms with E-state index in [1.165, 1.54) is 0 Å². The lowest BCUT2D eigenvalue weighted by atomic mass is 9.95. The summed E-state index contributed by atoms with van der Waals surface area (Å²) >= 11 is 1.56. The number of hydrogen-bond acceptors (Lipinski definition) is 5. The maximum atomic E-state index is 13.4. The van der Waals surface area contributed by atoms with Crippen LogP contribution in [0.4, 0.5) is 5.13 Å². The molecule has 6 nitrogen and oxygen atoms in total. The van der Waals surface area contributed by atoms with Crippen molar-refractivity contribution in [2.24, 2.45) is 5.92 Å². The Morgan fingerprint density at radius 3 is 2.70 bits per heavy atom. The Kier molecular flexibility index (Phi) is 5.41. The first-order valence-electron chi connectivity index (χ1n) is 9.66. The fourth-order valence-corrected chi connectivity index (χ4v) is 4.87. The molecule has 0 saturated carbocycles. The zero-order valence-corrected chi connectivity index (χ0v) is 16.4. The molecule has 3 heterocycles. The monoisotopic (exact) mass is 387 g/mol. The van der Waals surface area contributed by atoms with Crippen LogP contribution < -0.4 is 4.90 Å². The van der Waals surface area contributed by atoms with Crippen molar-refractivity contribution in [3.8, 4) is 0 Å². The summed E-state index contributed by atoms with van der Waals surface area (Å²) in [5.41, 5.74) is 0.925. The van der Waals surface area contributed by atoms with Crippen LogP contribution in [0.25, 0.3) is 10.2 Å². The van der Waals surface area contributed by atoms with Gasteiger partial charge in [0.15, 0.2) is 5.13 Å². The Hall–Kier alpha value is -1.99. The van der Waals surface area contributed by atoms with Crippen LogP contribution in [0, 0.1) is 5.92 Å². The van der Waals surface area contributed by atoms with Crippen molar-refractivity contribution >= 4 is 38.5 Å². The average molecular weight is 388 g/mol. The number of anilines is 1. The van der Waals surface area contributed by atoms with E-state index in [0.29, 0.717) is 32.5 Å². The highest BCUT2D eigenvalue weighted by molar-refractivity contribution is 7.22. The minimum Gasteiger partial charge on any atom is -0.376 e. The van der Waals surface area contributed by atoms with Gasteiger partial charge in [0, 0.05) is 32.5 Å². The summed E-state index contributed by atoms with van der Waals surface area (Å²) in [5.74, 6) is 0.144.